The molecule has 0 spiro atoms. The molecule has 1 N–H and O–H groups in total. The fourth-order valence-electron chi connectivity index (χ4n) is 1.09. The second kappa shape index (κ2) is 4.93. The minimum Gasteiger partial charge on any atom is -0.550 e. The van der Waals surface area contributed by atoms with Crippen molar-refractivity contribution >= 4 is 5.97 Å². The van der Waals surface area contributed by atoms with Crippen LogP contribution in [0, 0.1) is 5.92 Å². The third-order valence-electron chi connectivity index (χ3n) is 1.66. The van der Waals surface area contributed by atoms with E-state index in [4.69, 9.17) is 5.11 Å². The van der Waals surface area contributed by atoms with Crippen LogP contribution in [0.4, 0.5) is 0 Å². The Labute approximate surface area is 87.4 Å². The van der Waals surface area contributed by atoms with E-state index in [9.17, 15) is 9.90 Å². The molecule has 1 aliphatic carbocycles. The average molecular weight is 164 g/mol. The largest absolute Gasteiger partial charge is 1.00 e. The van der Waals surface area contributed by atoms with E-state index in [1.165, 1.54) is 0 Å². The summed E-state index contributed by atoms with van der Waals surface area (Å²) in [5.41, 5.74) is 0. The van der Waals surface area contributed by atoms with Crippen LogP contribution in [0.15, 0.2) is 12.2 Å². The molecule has 11 heavy (non-hydrogen) atoms. The van der Waals surface area contributed by atoms with Gasteiger partial charge < -0.3 is 15.0 Å². The molecule has 2 atom stereocenters. The summed E-state index contributed by atoms with van der Waals surface area (Å²) < 4.78 is 0. The van der Waals surface area contributed by atoms with Gasteiger partial charge in [0.25, 0.3) is 0 Å². The Morgan fingerprint density at radius 3 is 2.73 bits per heavy atom. The van der Waals surface area contributed by atoms with E-state index >= 15 is 0 Å². The summed E-state index contributed by atoms with van der Waals surface area (Å²) in [5, 5.41) is 19.1. The van der Waals surface area contributed by atoms with Gasteiger partial charge in [-0.3, -0.25) is 0 Å². The van der Waals surface area contributed by atoms with Crippen LogP contribution >= 0.6 is 0 Å². The van der Waals surface area contributed by atoms with Gasteiger partial charge in [0.1, 0.15) is 0 Å². The van der Waals surface area contributed by atoms with Gasteiger partial charge in [-0.15, -0.1) is 0 Å². The Balaban J connectivity index is 0.000001000. The number of carbonyl (C=O) groups excluding carboxylic acids is 1. The summed E-state index contributed by atoms with van der Waals surface area (Å²) in [6, 6.07) is 0. The number of carboxylic acids is 1. The average Bonchev–Trinajstić information content (AvgIpc) is 2.15. The number of carboxylic acid groups (broad SMARTS) is 1. The molecule has 0 unspecified atom stereocenters. The van der Waals surface area contributed by atoms with Gasteiger partial charge in [0.05, 0.1) is 6.10 Å². The van der Waals surface area contributed by atoms with Crippen molar-refractivity contribution in [2.75, 3.05) is 0 Å². The van der Waals surface area contributed by atoms with Gasteiger partial charge in [0, 0.05) is 11.9 Å². The van der Waals surface area contributed by atoms with Gasteiger partial charge >= 0.3 is 29.6 Å². The molecule has 0 saturated heterocycles. The van der Waals surface area contributed by atoms with Crippen LogP contribution in [-0.4, -0.2) is 17.2 Å². The monoisotopic (exact) mass is 164 g/mol. The fraction of sp³-hybridized carbons (Fsp3) is 0.571. The molecule has 4 heteroatoms. The molecule has 1 rings (SSSR count). The zero-order valence-electron chi connectivity index (χ0n) is 6.49. The first-order valence-electron chi connectivity index (χ1n) is 3.24. The van der Waals surface area contributed by atoms with E-state index in [0.717, 1.165) is 0 Å². The molecule has 0 fully saturated rings. The number of hydrogen-bond donors (Lipinski definition) is 1. The number of aliphatic hydroxyl groups is 1. The van der Waals surface area contributed by atoms with Crippen molar-refractivity contribution < 1.29 is 44.6 Å². The first-order valence-corrected chi connectivity index (χ1v) is 3.24. The molecule has 1 aliphatic rings. The number of carbonyl (C=O) groups is 1. The molecule has 0 aromatic rings. The number of hydrogen-bond acceptors (Lipinski definition) is 3. The maximum absolute atomic E-state index is 10.0. The number of aliphatic carboxylic acids is 1. The smallest absolute Gasteiger partial charge is 0.550 e. The summed E-state index contributed by atoms with van der Waals surface area (Å²) >= 11 is 0. The van der Waals surface area contributed by atoms with Gasteiger partial charge in [-0.05, 0) is 12.8 Å². The van der Waals surface area contributed by atoms with Crippen LogP contribution in [0.5, 0.6) is 0 Å². The fourth-order valence-corrected chi connectivity index (χ4v) is 1.09. The maximum atomic E-state index is 10.0. The van der Waals surface area contributed by atoms with Crippen molar-refractivity contribution in [2.24, 2.45) is 5.92 Å². The Morgan fingerprint density at radius 2 is 2.36 bits per heavy atom. The molecule has 0 heterocycles. The van der Waals surface area contributed by atoms with E-state index in [1.807, 2.05) is 0 Å². The summed E-state index contributed by atoms with van der Waals surface area (Å²) in [6.07, 6.45) is 3.49. The Kier molecular flexibility index (Phi) is 5.01. The zero-order chi connectivity index (χ0) is 7.56. The van der Waals surface area contributed by atoms with E-state index in [2.05, 4.69) is 0 Å². The normalized spacial score (nSPS) is 28.1. The molecular formula is C7H9NaO3. The maximum Gasteiger partial charge on any atom is 1.00 e. The van der Waals surface area contributed by atoms with Gasteiger partial charge in [0.2, 0.25) is 0 Å². The number of aliphatic hydroxyl groups excluding tert-OH is 1. The second-order valence-electron chi connectivity index (χ2n) is 2.47. The van der Waals surface area contributed by atoms with Crippen molar-refractivity contribution in [3.05, 3.63) is 12.2 Å². The molecule has 0 bridgehead atoms. The first kappa shape index (κ1) is 11.2. The van der Waals surface area contributed by atoms with Crippen LogP contribution < -0.4 is 34.7 Å². The second-order valence-corrected chi connectivity index (χ2v) is 2.47. The molecule has 0 radical (unpaired) electrons. The van der Waals surface area contributed by atoms with Crippen LogP contribution in [-0.2, 0) is 4.79 Å². The van der Waals surface area contributed by atoms with Crippen molar-refractivity contribution in [3.8, 4) is 0 Å². The van der Waals surface area contributed by atoms with Gasteiger partial charge in [-0.2, -0.15) is 0 Å². The third-order valence-corrected chi connectivity index (χ3v) is 1.66. The van der Waals surface area contributed by atoms with E-state index in [0.29, 0.717) is 6.42 Å². The Bertz CT molecular complexity index is 167. The molecule has 0 aromatic carbocycles. The van der Waals surface area contributed by atoms with E-state index in [-0.39, 0.29) is 41.9 Å². The predicted molar refractivity (Wildman–Crippen MR) is 32.9 cm³/mol. The molecule has 0 aliphatic heterocycles. The van der Waals surface area contributed by atoms with Crippen molar-refractivity contribution in [1.82, 2.24) is 0 Å². The minimum atomic E-state index is -1.10. The quantitative estimate of drug-likeness (QED) is 0.335. The predicted octanol–water partition coefficient (Wildman–Crippen LogP) is -3.93. The molecule has 0 aromatic heterocycles. The van der Waals surface area contributed by atoms with Crippen LogP contribution in [0.2, 0.25) is 0 Å². The van der Waals surface area contributed by atoms with Crippen molar-refractivity contribution in [3.63, 3.8) is 0 Å². The van der Waals surface area contributed by atoms with Gasteiger partial charge in [-0.25, -0.2) is 0 Å². The minimum absolute atomic E-state index is 0. The molecule has 3 nitrogen and oxygen atoms in total. The molecular weight excluding hydrogens is 155 g/mol. The van der Waals surface area contributed by atoms with Crippen molar-refractivity contribution in [2.45, 2.75) is 18.9 Å². The molecule has 56 valence electrons. The van der Waals surface area contributed by atoms with E-state index < -0.39 is 12.1 Å². The summed E-state index contributed by atoms with van der Waals surface area (Å²) in [5.74, 6) is -1.33. The molecule has 0 saturated carbocycles. The summed E-state index contributed by atoms with van der Waals surface area (Å²) in [7, 11) is 0. The summed E-state index contributed by atoms with van der Waals surface area (Å²) in [4.78, 5) is 10.0. The third kappa shape index (κ3) is 3.38. The van der Waals surface area contributed by atoms with Crippen molar-refractivity contribution in [1.29, 1.82) is 0 Å². The number of rotatable bonds is 2. The van der Waals surface area contributed by atoms with Crippen LogP contribution in [0.25, 0.3) is 0 Å². The summed E-state index contributed by atoms with van der Waals surface area (Å²) in [6.45, 7) is 0. The van der Waals surface area contributed by atoms with Gasteiger partial charge in [0.15, 0.2) is 0 Å². The van der Waals surface area contributed by atoms with Gasteiger partial charge in [-0.1, -0.05) is 12.2 Å². The Hall–Kier alpha value is 0.170. The van der Waals surface area contributed by atoms with E-state index in [1.54, 1.807) is 12.2 Å². The zero-order valence-corrected chi connectivity index (χ0v) is 8.49. The van der Waals surface area contributed by atoms with Crippen LogP contribution in [0.1, 0.15) is 12.8 Å². The standard InChI is InChI=1S/C7H10O3.Na/c8-6-3-1-2-5(6)4-7(9)10;/h1-2,5-6,8H,3-4H2,(H,9,10);/q;+1/p-1/t5-,6-;/m1./s1. The topological polar surface area (TPSA) is 60.4 Å². The van der Waals surface area contributed by atoms with Crippen LogP contribution in [0.3, 0.4) is 0 Å². The SMILES string of the molecule is O=C([O-])C[C@H]1C=CC[C@H]1O.[Na+]. The first-order chi connectivity index (χ1) is 4.70. The molecule has 0 amide bonds. The Morgan fingerprint density at radius 1 is 1.73 bits per heavy atom.